The average Bonchev–Trinajstić information content (AvgIpc) is 2.97. The van der Waals surface area contributed by atoms with Crippen LogP contribution in [0.15, 0.2) is 41.3 Å². The Morgan fingerprint density at radius 3 is 2.88 bits per heavy atom. The van der Waals surface area contributed by atoms with Crippen molar-refractivity contribution >= 4 is 11.0 Å². The molecule has 2 aromatic heterocycles. The van der Waals surface area contributed by atoms with E-state index >= 15 is 0 Å². The summed E-state index contributed by atoms with van der Waals surface area (Å²) in [5, 5.41) is 4.63. The number of rotatable bonds is 3. The second-order valence-electron chi connectivity index (χ2n) is 6.56. The van der Waals surface area contributed by atoms with Gasteiger partial charge < -0.3 is 9.72 Å². The number of hydrogen-bond donors (Lipinski definition) is 1. The zero-order valence-corrected chi connectivity index (χ0v) is 14.3. The van der Waals surface area contributed by atoms with Crippen LogP contribution in [0.25, 0.3) is 11.0 Å². The summed E-state index contributed by atoms with van der Waals surface area (Å²) >= 11 is 0. The van der Waals surface area contributed by atoms with Gasteiger partial charge in [-0.3, -0.25) is 14.4 Å². The molecule has 0 amide bonds. The second kappa shape index (κ2) is 6.42. The zero-order valence-electron chi connectivity index (χ0n) is 14.3. The van der Waals surface area contributed by atoms with E-state index in [2.05, 4.69) is 39.0 Å². The third kappa shape index (κ3) is 3.20. The maximum atomic E-state index is 12.2. The van der Waals surface area contributed by atoms with Crippen LogP contribution in [0.3, 0.4) is 0 Å². The lowest BCUT2D eigenvalue weighted by atomic mass is 10.1. The third-order valence-corrected chi connectivity index (χ3v) is 4.53. The van der Waals surface area contributed by atoms with Crippen molar-refractivity contribution in [2.24, 2.45) is 7.05 Å². The van der Waals surface area contributed by atoms with Crippen LogP contribution in [0.4, 0.5) is 0 Å². The first-order valence-corrected chi connectivity index (χ1v) is 8.44. The van der Waals surface area contributed by atoms with Crippen LogP contribution in [0.2, 0.25) is 0 Å². The van der Waals surface area contributed by atoms with Crippen LogP contribution in [-0.4, -0.2) is 43.8 Å². The van der Waals surface area contributed by atoms with Gasteiger partial charge in [-0.2, -0.15) is 5.10 Å². The summed E-state index contributed by atoms with van der Waals surface area (Å²) in [5.74, 6) is 0.655. The predicted octanol–water partition coefficient (Wildman–Crippen LogP) is 1.62. The van der Waals surface area contributed by atoms with Gasteiger partial charge in [0, 0.05) is 20.1 Å². The number of aromatic nitrogens is 4. The lowest BCUT2D eigenvalue weighted by Crippen LogP contribution is -2.42. The van der Waals surface area contributed by atoms with Crippen LogP contribution in [0.1, 0.15) is 24.4 Å². The molecule has 1 aliphatic rings. The SMILES string of the molecule is C[C@@H]1CN(Cc2nc3c(cnn3C)c(=O)[nH]2)C[C@@H](c2ccccc2)O1. The topological polar surface area (TPSA) is 76.0 Å². The molecule has 4 rings (SSSR count). The number of nitrogens with one attached hydrogen (secondary N) is 1. The number of aromatic amines is 1. The van der Waals surface area contributed by atoms with Gasteiger partial charge in [-0.25, -0.2) is 4.98 Å². The number of fused-ring (bicyclic) bond motifs is 1. The molecule has 1 fully saturated rings. The van der Waals surface area contributed by atoms with Crippen LogP contribution >= 0.6 is 0 Å². The molecule has 1 aliphatic heterocycles. The number of benzene rings is 1. The molecule has 0 saturated carbocycles. The molecule has 3 aromatic rings. The number of ether oxygens (including phenoxy) is 1. The van der Waals surface area contributed by atoms with Gasteiger partial charge in [0.05, 0.1) is 24.9 Å². The fourth-order valence-corrected chi connectivity index (χ4v) is 3.38. The largest absolute Gasteiger partial charge is 0.368 e. The number of nitrogens with zero attached hydrogens (tertiary/aromatic N) is 4. The Labute approximate surface area is 145 Å². The minimum atomic E-state index is -0.144. The first-order chi connectivity index (χ1) is 12.1. The first kappa shape index (κ1) is 16.0. The fraction of sp³-hybridized carbons (Fsp3) is 0.389. The van der Waals surface area contributed by atoms with E-state index in [4.69, 9.17) is 4.74 Å². The molecule has 130 valence electrons. The van der Waals surface area contributed by atoms with Crippen molar-refractivity contribution in [3.63, 3.8) is 0 Å². The molecular weight excluding hydrogens is 318 g/mol. The molecule has 2 atom stereocenters. The Morgan fingerprint density at radius 2 is 2.08 bits per heavy atom. The summed E-state index contributed by atoms with van der Waals surface area (Å²) in [4.78, 5) is 21.9. The van der Waals surface area contributed by atoms with Crippen LogP contribution < -0.4 is 5.56 Å². The highest BCUT2D eigenvalue weighted by Crippen LogP contribution is 2.25. The molecular formula is C18H21N5O2. The molecule has 0 spiro atoms. The Bertz CT molecular complexity index is 934. The van der Waals surface area contributed by atoms with Crippen LogP contribution in [-0.2, 0) is 18.3 Å². The molecule has 0 unspecified atom stereocenters. The molecule has 7 nitrogen and oxygen atoms in total. The van der Waals surface area contributed by atoms with Crippen molar-refractivity contribution in [3.05, 3.63) is 58.3 Å². The highest BCUT2D eigenvalue weighted by molar-refractivity contribution is 5.72. The Hall–Kier alpha value is -2.51. The van der Waals surface area contributed by atoms with Crippen molar-refractivity contribution in [2.75, 3.05) is 13.1 Å². The van der Waals surface area contributed by atoms with Gasteiger partial charge in [0.25, 0.3) is 5.56 Å². The molecule has 0 aliphatic carbocycles. The molecule has 0 bridgehead atoms. The van der Waals surface area contributed by atoms with E-state index in [1.54, 1.807) is 17.9 Å². The van der Waals surface area contributed by atoms with Crippen molar-refractivity contribution in [1.82, 2.24) is 24.6 Å². The number of H-pyrrole nitrogens is 1. The summed E-state index contributed by atoms with van der Waals surface area (Å²) in [6.07, 6.45) is 1.69. The van der Waals surface area contributed by atoms with Crippen LogP contribution in [0.5, 0.6) is 0 Å². The number of hydrogen-bond acceptors (Lipinski definition) is 5. The molecule has 7 heteroatoms. The first-order valence-electron chi connectivity index (χ1n) is 8.44. The van der Waals surface area contributed by atoms with Crippen molar-refractivity contribution in [3.8, 4) is 0 Å². The molecule has 1 saturated heterocycles. The van der Waals surface area contributed by atoms with E-state index in [9.17, 15) is 4.79 Å². The summed E-state index contributed by atoms with van der Waals surface area (Å²) in [6.45, 7) is 4.22. The van der Waals surface area contributed by atoms with E-state index in [1.165, 1.54) is 5.56 Å². The quantitative estimate of drug-likeness (QED) is 0.785. The minimum absolute atomic E-state index is 0.0251. The predicted molar refractivity (Wildman–Crippen MR) is 94.1 cm³/mol. The van der Waals surface area contributed by atoms with Gasteiger partial charge in [0.2, 0.25) is 0 Å². The Balaban J connectivity index is 1.57. The standard InChI is InChI=1S/C18H21N5O2/c1-12-9-23(10-15(25-12)13-6-4-3-5-7-13)11-16-20-17-14(18(24)21-16)8-19-22(17)2/h3-8,12,15H,9-11H2,1-2H3,(H,20,21,24)/t12-,15+/m1/s1. The summed E-state index contributed by atoms with van der Waals surface area (Å²) in [7, 11) is 1.79. The highest BCUT2D eigenvalue weighted by atomic mass is 16.5. The lowest BCUT2D eigenvalue weighted by Gasteiger charge is -2.36. The third-order valence-electron chi connectivity index (χ3n) is 4.53. The molecule has 1 aromatic carbocycles. The van der Waals surface area contributed by atoms with Gasteiger partial charge in [0.15, 0.2) is 5.65 Å². The Morgan fingerprint density at radius 1 is 1.28 bits per heavy atom. The summed E-state index contributed by atoms with van der Waals surface area (Å²) in [5.41, 5.74) is 1.64. The van der Waals surface area contributed by atoms with Gasteiger partial charge in [0.1, 0.15) is 11.2 Å². The minimum Gasteiger partial charge on any atom is -0.368 e. The van der Waals surface area contributed by atoms with Crippen molar-refractivity contribution in [2.45, 2.75) is 25.7 Å². The van der Waals surface area contributed by atoms with Crippen LogP contribution in [0, 0.1) is 0 Å². The molecule has 0 radical (unpaired) electrons. The monoisotopic (exact) mass is 339 g/mol. The maximum absolute atomic E-state index is 12.2. The van der Waals surface area contributed by atoms with Crippen molar-refractivity contribution < 1.29 is 4.74 Å². The Kier molecular flexibility index (Phi) is 4.10. The molecule has 1 N–H and O–H groups in total. The lowest BCUT2D eigenvalue weighted by molar-refractivity contribution is -0.0819. The summed E-state index contributed by atoms with van der Waals surface area (Å²) in [6, 6.07) is 10.2. The number of aryl methyl sites for hydroxylation is 1. The zero-order chi connectivity index (χ0) is 17.4. The number of morpholine rings is 1. The maximum Gasteiger partial charge on any atom is 0.262 e. The smallest absolute Gasteiger partial charge is 0.262 e. The average molecular weight is 339 g/mol. The fourth-order valence-electron chi connectivity index (χ4n) is 3.38. The van der Waals surface area contributed by atoms with E-state index in [1.807, 2.05) is 18.2 Å². The molecule has 3 heterocycles. The van der Waals surface area contributed by atoms with Crippen molar-refractivity contribution in [1.29, 1.82) is 0 Å². The van der Waals surface area contributed by atoms with E-state index < -0.39 is 0 Å². The highest BCUT2D eigenvalue weighted by Gasteiger charge is 2.27. The van der Waals surface area contributed by atoms with E-state index in [-0.39, 0.29) is 17.8 Å². The van der Waals surface area contributed by atoms with E-state index in [0.29, 0.717) is 23.4 Å². The van der Waals surface area contributed by atoms with Gasteiger partial charge in [-0.1, -0.05) is 30.3 Å². The summed E-state index contributed by atoms with van der Waals surface area (Å²) < 4.78 is 7.72. The van der Waals surface area contributed by atoms with Gasteiger partial charge in [-0.05, 0) is 12.5 Å². The normalized spacial score (nSPS) is 21.7. The van der Waals surface area contributed by atoms with Gasteiger partial charge >= 0.3 is 0 Å². The molecule has 25 heavy (non-hydrogen) atoms. The second-order valence-corrected chi connectivity index (χ2v) is 6.56. The van der Waals surface area contributed by atoms with E-state index in [0.717, 1.165) is 13.1 Å². The van der Waals surface area contributed by atoms with Gasteiger partial charge in [-0.15, -0.1) is 0 Å².